The number of nitrogens with zero attached hydrogens (tertiary/aromatic N) is 1. The quantitative estimate of drug-likeness (QED) is 0.874. The van der Waals surface area contributed by atoms with Gasteiger partial charge in [0, 0.05) is 18.3 Å². The third-order valence-corrected chi connectivity index (χ3v) is 4.57. The van der Waals surface area contributed by atoms with Crippen LogP contribution in [-0.2, 0) is 0 Å². The van der Waals surface area contributed by atoms with E-state index in [1.165, 1.54) is 25.7 Å². The summed E-state index contributed by atoms with van der Waals surface area (Å²) in [5.41, 5.74) is 1.62. The SMILES string of the molecule is C[C@H](NC1CCC(C(C)(C)C)CC1)c1ccccn1. The lowest BCUT2D eigenvalue weighted by Gasteiger charge is -2.38. The Morgan fingerprint density at radius 1 is 1.16 bits per heavy atom. The minimum atomic E-state index is 0.359. The lowest BCUT2D eigenvalue weighted by molar-refractivity contribution is 0.156. The van der Waals surface area contributed by atoms with Crippen molar-refractivity contribution in [1.29, 1.82) is 0 Å². The Morgan fingerprint density at radius 3 is 2.37 bits per heavy atom. The van der Waals surface area contributed by atoms with E-state index in [1.807, 2.05) is 12.3 Å². The monoisotopic (exact) mass is 260 g/mol. The summed E-state index contributed by atoms with van der Waals surface area (Å²) < 4.78 is 0. The third kappa shape index (κ3) is 4.04. The predicted molar refractivity (Wildman–Crippen MR) is 81.0 cm³/mol. The smallest absolute Gasteiger partial charge is 0.0570 e. The first-order valence-electron chi connectivity index (χ1n) is 7.64. The number of aromatic nitrogens is 1. The molecule has 19 heavy (non-hydrogen) atoms. The highest BCUT2D eigenvalue weighted by Crippen LogP contribution is 2.38. The Hall–Kier alpha value is -0.890. The van der Waals surface area contributed by atoms with Crippen LogP contribution in [0.5, 0.6) is 0 Å². The summed E-state index contributed by atoms with van der Waals surface area (Å²) in [6.07, 6.45) is 7.20. The number of hydrogen-bond acceptors (Lipinski definition) is 2. The zero-order chi connectivity index (χ0) is 13.9. The molecule has 0 spiro atoms. The molecule has 1 heterocycles. The van der Waals surface area contributed by atoms with Crippen molar-refractivity contribution in [3.63, 3.8) is 0 Å². The van der Waals surface area contributed by atoms with E-state index in [0.717, 1.165) is 11.6 Å². The maximum Gasteiger partial charge on any atom is 0.0570 e. The molecule has 1 aliphatic rings. The van der Waals surface area contributed by atoms with Gasteiger partial charge >= 0.3 is 0 Å². The first-order valence-corrected chi connectivity index (χ1v) is 7.64. The lowest BCUT2D eigenvalue weighted by Crippen LogP contribution is -2.37. The summed E-state index contributed by atoms with van der Waals surface area (Å²) in [6.45, 7) is 9.35. The van der Waals surface area contributed by atoms with E-state index in [4.69, 9.17) is 0 Å². The predicted octanol–water partition coefficient (Wildman–Crippen LogP) is 4.34. The first kappa shape index (κ1) is 14.5. The lowest BCUT2D eigenvalue weighted by atomic mass is 9.71. The van der Waals surface area contributed by atoms with Crippen LogP contribution in [0.25, 0.3) is 0 Å². The molecule has 0 unspecified atom stereocenters. The zero-order valence-electron chi connectivity index (χ0n) is 12.8. The Morgan fingerprint density at radius 2 is 1.84 bits per heavy atom. The van der Waals surface area contributed by atoms with Crippen LogP contribution < -0.4 is 5.32 Å². The Balaban J connectivity index is 1.83. The Labute approximate surface area is 118 Å². The largest absolute Gasteiger partial charge is 0.306 e. The second kappa shape index (κ2) is 6.04. The summed E-state index contributed by atoms with van der Waals surface area (Å²) in [4.78, 5) is 4.44. The van der Waals surface area contributed by atoms with Gasteiger partial charge in [-0.1, -0.05) is 26.8 Å². The molecule has 0 radical (unpaired) electrons. The fourth-order valence-electron chi connectivity index (χ4n) is 3.20. The van der Waals surface area contributed by atoms with Gasteiger partial charge in [0.1, 0.15) is 0 Å². The molecule has 0 bridgehead atoms. The fourth-order valence-corrected chi connectivity index (χ4v) is 3.20. The summed E-state index contributed by atoms with van der Waals surface area (Å²) in [6, 6.07) is 7.17. The Kier molecular flexibility index (Phi) is 4.62. The van der Waals surface area contributed by atoms with E-state index in [9.17, 15) is 0 Å². The minimum absolute atomic E-state index is 0.359. The van der Waals surface area contributed by atoms with Gasteiger partial charge in [-0.15, -0.1) is 0 Å². The number of nitrogens with one attached hydrogen (secondary N) is 1. The van der Waals surface area contributed by atoms with E-state index in [-0.39, 0.29) is 0 Å². The van der Waals surface area contributed by atoms with Crippen LogP contribution in [0, 0.1) is 11.3 Å². The van der Waals surface area contributed by atoms with Crippen molar-refractivity contribution >= 4 is 0 Å². The maximum atomic E-state index is 4.44. The van der Waals surface area contributed by atoms with Crippen molar-refractivity contribution in [3.8, 4) is 0 Å². The zero-order valence-corrected chi connectivity index (χ0v) is 12.8. The molecule has 1 aromatic rings. The van der Waals surface area contributed by atoms with Gasteiger partial charge in [-0.25, -0.2) is 0 Å². The second-order valence-electron chi connectivity index (χ2n) is 7.06. The van der Waals surface area contributed by atoms with Crippen molar-refractivity contribution < 1.29 is 0 Å². The highest BCUT2D eigenvalue weighted by molar-refractivity contribution is 5.08. The maximum absolute atomic E-state index is 4.44. The van der Waals surface area contributed by atoms with Gasteiger partial charge in [-0.05, 0) is 56.1 Å². The molecule has 0 amide bonds. The number of rotatable bonds is 3. The average molecular weight is 260 g/mol. The topological polar surface area (TPSA) is 24.9 Å². The molecular weight excluding hydrogens is 232 g/mol. The normalized spacial score (nSPS) is 26.1. The van der Waals surface area contributed by atoms with Crippen LogP contribution in [0.15, 0.2) is 24.4 Å². The molecule has 0 aromatic carbocycles. The van der Waals surface area contributed by atoms with Crippen molar-refractivity contribution in [2.45, 2.75) is 65.5 Å². The summed E-state index contributed by atoms with van der Waals surface area (Å²) >= 11 is 0. The van der Waals surface area contributed by atoms with E-state index in [1.54, 1.807) is 0 Å². The van der Waals surface area contributed by atoms with Gasteiger partial charge in [0.05, 0.1) is 5.69 Å². The van der Waals surface area contributed by atoms with Crippen LogP contribution in [-0.4, -0.2) is 11.0 Å². The van der Waals surface area contributed by atoms with Crippen LogP contribution >= 0.6 is 0 Å². The molecule has 1 atom stereocenters. The minimum Gasteiger partial charge on any atom is -0.306 e. The van der Waals surface area contributed by atoms with Gasteiger partial charge in [0.2, 0.25) is 0 Å². The van der Waals surface area contributed by atoms with Crippen LogP contribution in [0.4, 0.5) is 0 Å². The molecule has 1 saturated carbocycles. The van der Waals surface area contributed by atoms with Crippen LogP contribution in [0.2, 0.25) is 0 Å². The summed E-state index contributed by atoms with van der Waals surface area (Å²) in [5, 5.41) is 3.74. The third-order valence-electron chi connectivity index (χ3n) is 4.57. The molecule has 2 nitrogen and oxygen atoms in total. The van der Waals surface area contributed by atoms with Crippen molar-refractivity contribution in [1.82, 2.24) is 10.3 Å². The van der Waals surface area contributed by atoms with Crippen molar-refractivity contribution in [2.24, 2.45) is 11.3 Å². The molecular formula is C17H28N2. The van der Waals surface area contributed by atoms with Gasteiger partial charge < -0.3 is 5.32 Å². The molecule has 2 heteroatoms. The highest BCUT2D eigenvalue weighted by Gasteiger charge is 2.30. The highest BCUT2D eigenvalue weighted by atomic mass is 15.0. The van der Waals surface area contributed by atoms with E-state index in [0.29, 0.717) is 17.5 Å². The molecule has 1 fully saturated rings. The second-order valence-corrected chi connectivity index (χ2v) is 7.06. The standard InChI is InChI=1S/C17H28N2/c1-13(16-7-5-6-12-18-16)19-15-10-8-14(9-11-15)17(2,3)4/h5-7,12-15,19H,8-11H2,1-4H3/t13-,14?,15?/m0/s1. The molecule has 0 saturated heterocycles. The van der Waals surface area contributed by atoms with Crippen molar-refractivity contribution in [2.75, 3.05) is 0 Å². The fraction of sp³-hybridized carbons (Fsp3) is 0.706. The van der Waals surface area contributed by atoms with Crippen molar-refractivity contribution in [3.05, 3.63) is 30.1 Å². The van der Waals surface area contributed by atoms with Gasteiger partial charge in [-0.3, -0.25) is 4.98 Å². The summed E-state index contributed by atoms with van der Waals surface area (Å²) in [5.74, 6) is 0.885. The Bertz CT molecular complexity index is 372. The van der Waals surface area contributed by atoms with Crippen LogP contribution in [0.3, 0.4) is 0 Å². The molecule has 1 N–H and O–H groups in total. The van der Waals surface area contributed by atoms with Crippen LogP contribution in [0.1, 0.15) is 65.1 Å². The van der Waals surface area contributed by atoms with E-state index >= 15 is 0 Å². The summed E-state index contributed by atoms with van der Waals surface area (Å²) in [7, 11) is 0. The van der Waals surface area contributed by atoms with Gasteiger partial charge in [-0.2, -0.15) is 0 Å². The molecule has 106 valence electrons. The van der Waals surface area contributed by atoms with E-state index < -0.39 is 0 Å². The average Bonchev–Trinajstić information content (AvgIpc) is 2.39. The molecule has 1 aromatic heterocycles. The van der Waals surface area contributed by atoms with Gasteiger partial charge in [0.15, 0.2) is 0 Å². The van der Waals surface area contributed by atoms with E-state index in [2.05, 4.69) is 50.1 Å². The first-order chi connectivity index (χ1) is 8.97. The molecule has 1 aliphatic carbocycles. The van der Waals surface area contributed by atoms with Gasteiger partial charge in [0.25, 0.3) is 0 Å². The number of hydrogen-bond donors (Lipinski definition) is 1. The molecule has 2 rings (SSSR count). The molecule has 0 aliphatic heterocycles. The number of pyridine rings is 1.